The Bertz CT molecular complexity index is 1030. The molecule has 1 spiro atoms. The topological polar surface area (TPSA) is 49.9 Å². The first-order chi connectivity index (χ1) is 14.6. The van der Waals surface area contributed by atoms with E-state index in [2.05, 4.69) is 13.8 Å². The highest BCUT2D eigenvalue weighted by atomic mass is 35.5. The van der Waals surface area contributed by atoms with Crippen LogP contribution in [0.2, 0.25) is 5.02 Å². The summed E-state index contributed by atoms with van der Waals surface area (Å²) >= 11 is 6.25. The molecule has 1 fully saturated rings. The largest absolute Gasteiger partial charge is 0.444 e. The smallest absolute Gasteiger partial charge is 0.410 e. The fourth-order valence-corrected chi connectivity index (χ4v) is 5.36. The van der Waals surface area contributed by atoms with Crippen molar-refractivity contribution < 1.29 is 14.3 Å². The van der Waals surface area contributed by atoms with E-state index >= 15 is 0 Å². The Morgan fingerprint density at radius 2 is 1.87 bits per heavy atom. The molecular weight excluding hydrogens is 412 g/mol. The summed E-state index contributed by atoms with van der Waals surface area (Å²) in [6.45, 7) is 10.2. The molecule has 2 heterocycles. The van der Waals surface area contributed by atoms with E-state index in [4.69, 9.17) is 16.3 Å². The van der Waals surface area contributed by atoms with E-state index in [1.807, 2.05) is 57.2 Å². The second kappa shape index (κ2) is 7.56. The van der Waals surface area contributed by atoms with Gasteiger partial charge in [-0.2, -0.15) is 0 Å². The molecule has 1 saturated heterocycles. The lowest BCUT2D eigenvalue weighted by Gasteiger charge is -2.37. The van der Waals surface area contributed by atoms with Crippen molar-refractivity contribution in [2.45, 2.75) is 58.1 Å². The van der Waals surface area contributed by atoms with Crippen LogP contribution in [0.15, 0.2) is 48.5 Å². The molecule has 0 N–H and O–H groups in total. The van der Waals surface area contributed by atoms with Crippen LogP contribution in [-0.4, -0.2) is 35.1 Å². The molecule has 0 radical (unpaired) electrons. The van der Waals surface area contributed by atoms with Crippen LogP contribution in [0.25, 0.3) is 0 Å². The highest BCUT2D eigenvalue weighted by Gasteiger charge is 2.62. The molecule has 5 nitrogen and oxygen atoms in total. The normalized spacial score (nSPS) is 23.1. The molecule has 2 aliphatic heterocycles. The van der Waals surface area contributed by atoms with Gasteiger partial charge in [0.25, 0.3) is 0 Å². The van der Waals surface area contributed by atoms with Gasteiger partial charge >= 0.3 is 6.09 Å². The number of nitrogens with zero attached hydrogens (tertiary/aromatic N) is 2. The van der Waals surface area contributed by atoms with E-state index < -0.39 is 11.0 Å². The van der Waals surface area contributed by atoms with Gasteiger partial charge in [-0.3, -0.25) is 9.69 Å². The fourth-order valence-electron chi connectivity index (χ4n) is 5.17. The molecule has 2 aromatic carbocycles. The predicted octanol–water partition coefficient (Wildman–Crippen LogP) is 5.92. The van der Waals surface area contributed by atoms with Crippen molar-refractivity contribution in [3.8, 4) is 0 Å². The van der Waals surface area contributed by atoms with Crippen molar-refractivity contribution in [1.29, 1.82) is 0 Å². The van der Waals surface area contributed by atoms with Crippen LogP contribution in [0.4, 0.5) is 16.2 Å². The van der Waals surface area contributed by atoms with Gasteiger partial charge in [-0.15, -0.1) is 0 Å². The number of carbonyl (C=O) groups is 2. The third kappa shape index (κ3) is 3.49. The first kappa shape index (κ1) is 21.7. The van der Waals surface area contributed by atoms with Crippen LogP contribution in [-0.2, 0) is 14.9 Å². The molecule has 164 valence electrons. The van der Waals surface area contributed by atoms with Gasteiger partial charge in [-0.1, -0.05) is 49.7 Å². The first-order valence-electron chi connectivity index (χ1n) is 10.8. The molecule has 0 aliphatic carbocycles. The lowest BCUT2D eigenvalue weighted by Crippen LogP contribution is -2.53. The van der Waals surface area contributed by atoms with Crippen molar-refractivity contribution in [3.05, 3.63) is 59.1 Å². The molecule has 0 aromatic heterocycles. The molecule has 6 heteroatoms. The molecule has 2 aromatic rings. The van der Waals surface area contributed by atoms with Gasteiger partial charge in [-0.25, -0.2) is 4.79 Å². The molecule has 2 aliphatic rings. The highest BCUT2D eigenvalue weighted by Crippen LogP contribution is 2.54. The monoisotopic (exact) mass is 440 g/mol. The Morgan fingerprint density at radius 3 is 2.52 bits per heavy atom. The lowest BCUT2D eigenvalue weighted by molar-refractivity contribution is -0.123. The average Bonchev–Trinajstić information content (AvgIpc) is 3.19. The summed E-state index contributed by atoms with van der Waals surface area (Å²) in [7, 11) is 0. The summed E-state index contributed by atoms with van der Waals surface area (Å²) in [5, 5.41) is 0.575. The Kier molecular flexibility index (Phi) is 5.29. The number of carbonyl (C=O) groups excluding carboxylic acids is 2. The van der Waals surface area contributed by atoms with Gasteiger partial charge in [0.2, 0.25) is 5.91 Å². The maximum absolute atomic E-state index is 14.2. The SMILES string of the molecule is CC(C)[C@@H]1N(C(=O)OC(C)(C)C)CC[C@@]12C(=O)N(c1cccc(Cl)c1)c1ccccc12. The number of fused-ring (bicyclic) bond motifs is 2. The molecular formula is C25H29ClN2O3. The van der Waals surface area contributed by atoms with Gasteiger partial charge in [0.1, 0.15) is 5.60 Å². The van der Waals surface area contributed by atoms with Gasteiger partial charge < -0.3 is 9.64 Å². The fraction of sp³-hybridized carbons (Fsp3) is 0.440. The number of hydrogen-bond acceptors (Lipinski definition) is 3. The molecule has 2 atom stereocenters. The van der Waals surface area contributed by atoms with Gasteiger partial charge in [0.05, 0.1) is 22.8 Å². The number of amides is 2. The minimum Gasteiger partial charge on any atom is -0.444 e. The molecule has 2 amide bonds. The second-order valence-electron chi connectivity index (χ2n) is 9.72. The summed E-state index contributed by atoms with van der Waals surface area (Å²) in [6, 6.07) is 14.9. The Balaban J connectivity index is 1.84. The predicted molar refractivity (Wildman–Crippen MR) is 123 cm³/mol. The molecule has 31 heavy (non-hydrogen) atoms. The van der Waals surface area contributed by atoms with Crippen molar-refractivity contribution >= 4 is 35.0 Å². The number of likely N-dealkylation sites (tertiary alicyclic amines) is 1. The van der Waals surface area contributed by atoms with E-state index in [0.717, 1.165) is 16.9 Å². The van der Waals surface area contributed by atoms with E-state index in [9.17, 15) is 9.59 Å². The average molecular weight is 441 g/mol. The van der Waals surface area contributed by atoms with Crippen LogP contribution >= 0.6 is 11.6 Å². The van der Waals surface area contributed by atoms with Crippen LogP contribution < -0.4 is 4.90 Å². The number of hydrogen-bond donors (Lipinski definition) is 0. The van der Waals surface area contributed by atoms with Gasteiger partial charge in [-0.05, 0) is 62.9 Å². The molecule has 0 saturated carbocycles. The maximum atomic E-state index is 14.2. The van der Waals surface area contributed by atoms with E-state index in [0.29, 0.717) is 18.0 Å². The van der Waals surface area contributed by atoms with Crippen LogP contribution in [0, 0.1) is 5.92 Å². The number of rotatable bonds is 2. The molecule has 0 bridgehead atoms. The highest BCUT2D eigenvalue weighted by molar-refractivity contribution is 6.31. The molecule has 4 rings (SSSR count). The Labute approximate surface area is 188 Å². The van der Waals surface area contributed by atoms with E-state index in [1.165, 1.54) is 0 Å². The summed E-state index contributed by atoms with van der Waals surface area (Å²) in [6.07, 6.45) is 0.191. The van der Waals surface area contributed by atoms with Gasteiger partial charge in [0, 0.05) is 11.6 Å². The van der Waals surface area contributed by atoms with Gasteiger partial charge in [0.15, 0.2) is 0 Å². The minimum atomic E-state index is -0.815. The maximum Gasteiger partial charge on any atom is 0.410 e. The minimum absolute atomic E-state index is 0.0132. The second-order valence-corrected chi connectivity index (χ2v) is 10.2. The zero-order valence-electron chi connectivity index (χ0n) is 18.7. The number of para-hydroxylation sites is 1. The van der Waals surface area contributed by atoms with Crippen molar-refractivity contribution in [2.75, 3.05) is 11.4 Å². The number of benzene rings is 2. The van der Waals surface area contributed by atoms with Crippen LogP contribution in [0.1, 0.15) is 46.6 Å². The number of anilines is 2. The summed E-state index contributed by atoms with van der Waals surface area (Å²) in [5.74, 6) is 0.0482. The van der Waals surface area contributed by atoms with Crippen LogP contribution in [0.5, 0.6) is 0 Å². The standard InChI is InChI=1S/C25H29ClN2O3/c1-16(2)21-25(13-14-27(21)23(30)31-24(3,4)5)19-11-6-7-12-20(19)28(22(25)29)18-10-8-9-17(26)15-18/h6-12,15-16,21H,13-14H2,1-5H3/t21-,25-/m0/s1. The lowest BCUT2D eigenvalue weighted by atomic mass is 9.71. The summed E-state index contributed by atoms with van der Waals surface area (Å²) < 4.78 is 5.70. The van der Waals surface area contributed by atoms with Crippen molar-refractivity contribution in [2.24, 2.45) is 5.92 Å². The summed E-state index contributed by atoms with van der Waals surface area (Å²) in [4.78, 5) is 30.8. The third-order valence-corrected chi connectivity index (χ3v) is 6.36. The quantitative estimate of drug-likeness (QED) is 0.582. The van der Waals surface area contributed by atoms with Crippen LogP contribution in [0.3, 0.4) is 0 Å². The van der Waals surface area contributed by atoms with Crippen molar-refractivity contribution in [3.63, 3.8) is 0 Å². The Morgan fingerprint density at radius 1 is 1.16 bits per heavy atom. The van der Waals surface area contributed by atoms with E-state index in [-0.39, 0.29) is 24.0 Å². The summed E-state index contributed by atoms with van der Waals surface area (Å²) in [5.41, 5.74) is 1.14. The first-order valence-corrected chi connectivity index (χ1v) is 11.1. The zero-order chi connectivity index (χ0) is 22.6. The zero-order valence-corrected chi connectivity index (χ0v) is 19.4. The number of halogens is 1. The molecule has 0 unspecified atom stereocenters. The Hall–Kier alpha value is -2.53. The number of ether oxygens (including phenoxy) is 1. The van der Waals surface area contributed by atoms with Crippen molar-refractivity contribution in [1.82, 2.24) is 4.90 Å². The third-order valence-electron chi connectivity index (χ3n) is 6.12. The van der Waals surface area contributed by atoms with E-state index in [1.54, 1.807) is 21.9 Å².